The molecule has 2 heterocycles. The van der Waals surface area contributed by atoms with Crippen LogP contribution in [0.2, 0.25) is 0 Å². The van der Waals surface area contributed by atoms with Gasteiger partial charge in [0.25, 0.3) is 0 Å². The average Bonchev–Trinajstić information content (AvgIpc) is 2.86. The van der Waals surface area contributed by atoms with Gasteiger partial charge in [-0.25, -0.2) is 0 Å². The van der Waals surface area contributed by atoms with E-state index in [1.165, 1.54) is 6.26 Å². The van der Waals surface area contributed by atoms with Crippen LogP contribution < -0.4 is 11.1 Å². The first-order valence-electron chi connectivity index (χ1n) is 4.04. The molecule has 0 saturated carbocycles. The molecule has 0 aliphatic rings. The van der Waals surface area contributed by atoms with Gasteiger partial charge in [0.2, 0.25) is 5.89 Å². The fourth-order valence-electron chi connectivity index (χ4n) is 0.902. The standard InChI is InChI=1S/C7H9N5O2/c8-3-6-10-11-7(14-6)9-4-5-1-2-13-12-5/h1-2H,3-4,8H2,(H,9,11). The maximum absolute atomic E-state index is 5.30. The minimum absolute atomic E-state index is 0.235. The van der Waals surface area contributed by atoms with Gasteiger partial charge in [-0.05, 0) is 0 Å². The van der Waals surface area contributed by atoms with E-state index < -0.39 is 0 Å². The van der Waals surface area contributed by atoms with Crippen molar-refractivity contribution in [2.45, 2.75) is 13.1 Å². The molecule has 0 amide bonds. The number of aromatic nitrogens is 3. The quantitative estimate of drug-likeness (QED) is 0.714. The largest absolute Gasteiger partial charge is 0.407 e. The van der Waals surface area contributed by atoms with Crippen molar-refractivity contribution in [3.63, 3.8) is 0 Å². The third-order valence-electron chi connectivity index (χ3n) is 1.55. The fourth-order valence-corrected chi connectivity index (χ4v) is 0.902. The van der Waals surface area contributed by atoms with Crippen molar-refractivity contribution in [2.75, 3.05) is 5.32 Å². The molecular formula is C7H9N5O2. The molecule has 0 atom stereocenters. The molecule has 3 N–H and O–H groups in total. The van der Waals surface area contributed by atoms with Gasteiger partial charge in [0.15, 0.2) is 0 Å². The fraction of sp³-hybridized carbons (Fsp3) is 0.286. The van der Waals surface area contributed by atoms with Crippen LogP contribution >= 0.6 is 0 Å². The Morgan fingerprint density at radius 3 is 3.00 bits per heavy atom. The van der Waals surface area contributed by atoms with Crippen molar-refractivity contribution in [1.29, 1.82) is 0 Å². The second kappa shape index (κ2) is 3.88. The molecule has 0 fully saturated rings. The summed E-state index contributed by atoms with van der Waals surface area (Å²) in [6.07, 6.45) is 1.50. The molecule has 14 heavy (non-hydrogen) atoms. The Morgan fingerprint density at radius 2 is 2.36 bits per heavy atom. The number of rotatable bonds is 4. The number of anilines is 1. The number of hydrogen-bond acceptors (Lipinski definition) is 7. The summed E-state index contributed by atoms with van der Waals surface area (Å²) in [4.78, 5) is 0. The zero-order chi connectivity index (χ0) is 9.80. The molecule has 0 spiro atoms. The molecular weight excluding hydrogens is 186 g/mol. The predicted octanol–water partition coefficient (Wildman–Crippen LogP) is 0.128. The minimum atomic E-state index is 0.235. The van der Waals surface area contributed by atoms with Crippen molar-refractivity contribution in [1.82, 2.24) is 15.4 Å². The summed E-state index contributed by atoms with van der Waals surface area (Å²) in [6, 6.07) is 2.07. The van der Waals surface area contributed by atoms with Gasteiger partial charge < -0.3 is 20.0 Å². The van der Waals surface area contributed by atoms with E-state index in [2.05, 4.69) is 25.2 Å². The van der Waals surface area contributed by atoms with Crippen molar-refractivity contribution in [2.24, 2.45) is 5.73 Å². The minimum Gasteiger partial charge on any atom is -0.407 e. The summed E-state index contributed by atoms with van der Waals surface area (Å²) >= 11 is 0. The van der Waals surface area contributed by atoms with E-state index >= 15 is 0 Å². The molecule has 7 nitrogen and oxygen atoms in total. The maximum atomic E-state index is 5.30. The van der Waals surface area contributed by atoms with Crippen LogP contribution in [-0.2, 0) is 13.1 Å². The molecule has 0 aliphatic carbocycles. The summed E-state index contributed by atoms with van der Waals surface area (Å²) in [6.45, 7) is 0.710. The van der Waals surface area contributed by atoms with Crippen LogP contribution in [0.3, 0.4) is 0 Å². The maximum Gasteiger partial charge on any atom is 0.315 e. The van der Waals surface area contributed by atoms with E-state index in [1.54, 1.807) is 6.07 Å². The monoisotopic (exact) mass is 195 g/mol. The molecule has 0 saturated heterocycles. The van der Waals surface area contributed by atoms with Gasteiger partial charge >= 0.3 is 6.01 Å². The summed E-state index contributed by atoms with van der Waals surface area (Å²) < 4.78 is 9.77. The lowest BCUT2D eigenvalue weighted by Gasteiger charge is -1.94. The zero-order valence-electron chi connectivity index (χ0n) is 7.30. The number of nitrogens with two attached hydrogens (primary N) is 1. The van der Waals surface area contributed by atoms with Crippen LogP contribution in [0.1, 0.15) is 11.6 Å². The Kier molecular flexibility index (Phi) is 2.41. The third kappa shape index (κ3) is 1.88. The lowest BCUT2D eigenvalue weighted by Crippen LogP contribution is -1.99. The van der Waals surface area contributed by atoms with Gasteiger partial charge in [-0.1, -0.05) is 10.3 Å². The molecule has 2 aromatic rings. The van der Waals surface area contributed by atoms with Gasteiger partial charge in [-0.3, -0.25) is 0 Å². The topological polar surface area (TPSA) is 103 Å². The summed E-state index contributed by atoms with van der Waals surface area (Å²) in [5, 5.41) is 14.0. The van der Waals surface area contributed by atoms with E-state index in [1.807, 2.05) is 0 Å². The van der Waals surface area contributed by atoms with Crippen LogP contribution in [0.15, 0.2) is 21.3 Å². The average molecular weight is 195 g/mol. The summed E-state index contributed by atoms with van der Waals surface area (Å²) in [5.74, 6) is 0.396. The van der Waals surface area contributed by atoms with Crippen molar-refractivity contribution in [3.8, 4) is 0 Å². The predicted molar refractivity (Wildman–Crippen MR) is 46.0 cm³/mol. The van der Waals surface area contributed by atoms with E-state index in [9.17, 15) is 0 Å². The normalized spacial score (nSPS) is 10.4. The Labute approximate surface area is 79.3 Å². The van der Waals surface area contributed by atoms with Gasteiger partial charge in [-0.2, -0.15) is 0 Å². The van der Waals surface area contributed by atoms with E-state index in [4.69, 9.17) is 10.2 Å². The Balaban J connectivity index is 1.92. The van der Waals surface area contributed by atoms with E-state index in [0.717, 1.165) is 5.69 Å². The Bertz CT molecular complexity index is 382. The first-order chi connectivity index (χ1) is 6.88. The molecule has 0 radical (unpaired) electrons. The highest BCUT2D eigenvalue weighted by molar-refractivity contribution is 5.18. The van der Waals surface area contributed by atoms with Crippen molar-refractivity contribution < 1.29 is 8.94 Å². The second-order valence-corrected chi connectivity index (χ2v) is 2.55. The van der Waals surface area contributed by atoms with E-state index in [0.29, 0.717) is 18.5 Å². The Morgan fingerprint density at radius 1 is 1.43 bits per heavy atom. The van der Waals surface area contributed by atoms with Crippen LogP contribution in [0.4, 0.5) is 6.01 Å². The summed E-state index contributed by atoms with van der Waals surface area (Å²) in [5.41, 5.74) is 6.06. The highest BCUT2D eigenvalue weighted by Crippen LogP contribution is 2.06. The lowest BCUT2D eigenvalue weighted by atomic mass is 10.4. The van der Waals surface area contributed by atoms with Crippen LogP contribution in [0.5, 0.6) is 0 Å². The SMILES string of the molecule is NCc1nnc(NCc2ccon2)o1. The first kappa shape index (κ1) is 8.70. The number of nitrogens with one attached hydrogen (secondary N) is 1. The third-order valence-corrected chi connectivity index (χ3v) is 1.55. The number of hydrogen-bond donors (Lipinski definition) is 2. The van der Waals surface area contributed by atoms with Gasteiger partial charge in [0.1, 0.15) is 12.0 Å². The van der Waals surface area contributed by atoms with E-state index in [-0.39, 0.29) is 6.54 Å². The molecule has 0 bridgehead atoms. The molecule has 0 unspecified atom stereocenters. The Hall–Kier alpha value is -1.89. The van der Waals surface area contributed by atoms with Gasteiger partial charge in [0, 0.05) is 6.07 Å². The van der Waals surface area contributed by atoms with Gasteiger partial charge in [0.05, 0.1) is 13.1 Å². The van der Waals surface area contributed by atoms with Crippen LogP contribution in [0, 0.1) is 0 Å². The van der Waals surface area contributed by atoms with Crippen LogP contribution in [-0.4, -0.2) is 15.4 Å². The lowest BCUT2D eigenvalue weighted by molar-refractivity contribution is 0.412. The van der Waals surface area contributed by atoms with Crippen molar-refractivity contribution in [3.05, 3.63) is 23.9 Å². The molecule has 2 aromatic heterocycles. The summed E-state index contributed by atoms with van der Waals surface area (Å²) in [7, 11) is 0. The molecule has 0 aliphatic heterocycles. The highest BCUT2D eigenvalue weighted by atomic mass is 16.5. The highest BCUT2D eigenvalue weighted by Gasteiger charge is 2.04. The van der Waals surface area contributed by atoms with Crippen molar-refractivity contribution >= 4 is 6.01 Å². The smallest absolute Gasteiger partial charge is 0.315 e. The van der Waals surface area contributed by atoms with Crippen LogP contribution in [0.25, 0.3) is 0 Å². The second-order valence-electron chi connectivity index (χ2n) is 2.55. The molecule has 7 heteroatoms. The molecule has 74 valence electrons. The molecule has 0 aromatic carbocycles. The molecule has 2 rings (SSSR count). The first-order valence-corrected chi connectivity index (χ1v) is 4.04. The zero-order valence-corrected chi connectivity index (χ0v) is 7.30. The number of nitrogens with zero attached hydrogens (tertiary/aromatic N) is 3. The van der Waals surface area contributed by atoms with Gasteiger partial charge in [-0.15, -0.1) is 5.10 Å².